The number of anilines is 4. The van der Waals surface area contributed by atoms with E-state index in [0.29, 0.717) is 20.5 Å². The minimum Gasteiger partial charge on any atom is -0.545 e. The monoisotopic (exact) mass is 1060 g/mol. The molecule has 2 radical (unpaired) electrons. The Kier molecular flexibility index (Phi) is 59.7. The molecule has 358 valence electrons. The molecule has 36 heteroatoms. The van der Waals surface area contributed by atoms with Crippen LogP contribution in [0.1, 0.15) is 41.7 Å². The maximum atomic E-state index is 10.3. The van der Waals surface area contributed by atoms with Gasteiger partial charge in [0.15, 0.2) is 20.5 Å². The Morgan fingerprint density at radius 3 is 0.758 bits per heavy atom. The molecular formula is C26H44Co2N10O20S4+2. The van der Waals surface area contributed by atoms with Crippen molar-refractivity contribution < 1.29 is 139 Å². The van der Waals surface area contributed by atoms with Gasteiger partial charge < -0.3 is 128 Å². The van der Waals surface area contributed by atoms with E-state index < -0.39 is 46.4 Å². The van der Waals surface area contributed by atoms with Crippen LogP contribution < -0.4 is 43.4 Å². The quantitative estimate of drug-likeness (QED) is 0.113. The smallest absolute Gasteiger partial charge is 0.545 e. The third-order valence-electron chi connectivity index (χ3n) is 5.05. The number of aromatic carboxylic acids is 4. The van der Waals surface area contributed by atoms with Crippen molar-refractivity contribution in [3.8, 4) is 22.8 Å². The van der Waals surface area contributed by atoms with Crippen LogP contribution in [0, 0.1) is 0 Å². The molecule has 0 saturated carbocycles. The summed E-state index contributed by atoms with van der Waals surface area (Å²) in [5, 5.41) is 50.8. The van der Waals surface area contributed by atoms with Gasteiger partial charge in [-0.2, -0.15) is 0 Å². The number of hydrogen-bond acceptors (Lipinski definition) is 22. The Morgan fingerprint density at radius 1 is 0.419 bits per heavy atom. The molecule has 0 fully saturated rings. The summed E-state index contributed by atoms with van der Waals surface area (Å²) >= 11 is 5.60. The van der Waals surface area contributed by atoms with E-state index in [-0.39, 0.29) is 99.3 Å². The fraction of sp³-hybridized carbons (Fsp3) is 0. The van der Waals surface area contributed by atoms with Crippen LogP contribution >= 0.6 is 45.3 Å². The number of rotatable bonds is 6. The number of pyridine rings is 2. The molecule has 62 heavy (non-hydrogen) atoms. The first-order valence-electron chi connectivity index (χ1n) is 12.4. The number of thiazole rings is 4. The van der Waals surface area contributed by atoms with Gasteiger partial charge in [0.1, 0.15) is 22.8 Å². The number of carboxylic acids is 4. The SMILES string of the molecule is Nc1nc(-c2csc(N)n2)cs1.Nc1nc(-c2csc(N)n2)cs1.O.O.O.O.O.O.O.O.O.O.O=C([O-])c1cccnc1C(=O)[O-].O=C([O-])c1cccnc1C(=O)[O-].[Co+2].[Co+2].[OH3+].[OH3+]. The fourth-order valence-corrected chi connectivity index (χ4v) is 5.31. The van der Waals surface area contributed by atoms with Crippen LogP contribution in [0.5, 0.6) is 0 Å². The van der Waals surface area contributed by atoms with E-state index in [1.807, 2.05) is 21.5 Å². The molecule has 0 aliphatic heterocycles. The first-order chi connectivity index (χ1) is 22.8. The summed E-state index contributed by atoms with van der Waals surface area (Å²) in [5.74, 6) is -6.42. The molecule has 0 unspecified atom stereocenters. The number of aromatic nitrogens is 6. The minimum atomic E-state index is -1.63. The Morgan fingerprint density at radius 2 is 0.629 bits per heavy atom. The van der Waals surface area contributed by atoms with Crippen LogP contribution in [0.15, 0.2) is 58.2 Å². The maximum Gasteiger partial charge on any atom is 2.00 e. The number of carboxylic acid groups (broad SMARTS) is 4. The van der Waals surface area contributed by atoms with Crippen LogP contribution in [0.4, 0.5) is 20.5 Å². The molecule has 6 rings (SSSR count). The fourth-order valence-electron chi connectivity index (χ4n) is 3.09. The maximum absolute atomic E-state index is 10.3. The number of nitrogen functional groups attached to an aromatic ring is 4. The molecule has 30 nitrogen and oxygen atoms in total. The first-order valence-corrected chi connectivity index (χ1v) is 15.9. The van der Waals surface area contributed by atoms with Crippen molar-refractivity contribution in [1.29, 1.82) is 0 Å². The largest absolute Gasteiger partial charge is 2.00 e. The van der Waals surface area contributed by atoms with Gasteiger partial charge >= 0.3 is 33.6 Å². The number of nitrogens with zero attached hydrogens (tertiary/aromatic N) is 6. The summed E-state index contributed by atoms with van der Waals surface area (Å²) in [4.78, 5) is 64.0. The zero-order valence-corrected chi connectivity index (χ0v) is 35.8. The Hall–Kier alpha value is -5.57. The number of nitrogens with two attached hydrogens (primary N) is 4. The van der Waals surface area contributed by atoms with Crippen molar-refractivity contribution >= 4 is 89.8 Å². The standard InChI is InChI=1S/2C7H5NO4.2C6H6N4S2.2Co.12H2O/c2*9-6(10)4-2-1-3-8-5(4)7(11)12;2*7-5-9-3(1-11-5)4-2-12-6(8)10-4;;;;;;;;;;;;;;/h2*1-3H,(H,9,10)(H,11,12);2*1-2H,(H2,7,9)(H2,8,10);;;12*1H2/q;;;;2*+2;;;;;;;;;;;;/p-2. The van der Waals surface area contributed by atoms with Crippen molar-refractivity contribution in [1.82, 2.24) is 29.9 Å². The average molecular weight is 1060 g/mol. The van der Waals surface area contributed by atoms with E-state index in [4.69, 9.17) is 22.9 Å². The Balaban J connectivity index is -0.0000000500. The van der Waals surface area contributed by atoms with Gasteiger partial charge in [-0.25, -0.2) is 19.9 Å². The molecule has 0 aliphatic rings. The predicted octanol–water partition coefficient (Wildman–Crippen LogP) is -11.6. The van der Waals surface area contributed by atoms with Gasteiger partial charge in [-0.3, -0.25) is 9.97 Å². The van der Waals surface area contributed by atoms with Gasteiger partial charge in [0, 0.05) is 45.0 Å². The molecule has 6 heterocycles. The van der Waals surface area contributed by atoms with Crippen LogP contribution in [-0.4, -0.2) is 109 Å². The molecule has 34 N–H and O–H groups in total. The molecule has 6 aromatic rings. The van der Waals surface area contributed by atoms with Gasteiger partial charge in [0.25, 0.3) is 0 Å². The van der Waals surface area contributed by atoms with E-state index in [1.54, 1.807) is 0 Å². The third kappa shape index (κ3) is 26.6. The molecule has 0 aliphatic carbocycles. The topological polar surface area (TPSA) is 723 Å². The van der Waals surface area contributed by atoms with Crippen LogP contribution in [0.3, 0.4) is 0 Å². The first kappa shape index (κ1) is 87.8. The summed E-state index contributed by atoms with van der Waals surface area (Å²) in [6.07, 6.45) is 2.33. The summed E-state index contributed by atoms with van der Waals surface area (Å²) in [5.41, 5.74) is 22.9. The normalized spacial score (nSPS) is 7.61. The summed E-state index contributed by atoms with van der Waals surface area (Å²) < 4.78 is 0. The second-order valence-corrected chi connectivity index (χ2v) is 11.8. The molecule has 0 atom stereocenters. The molecular weight excluding hydrogens is 1020 g/mol. The van der Waals surface area contributed by atoms with Gasteiger partial charge in [-0.15, -0.1) is 45.3 Å². The van der Waals surface area contributed by atoms with Crippen molar-refractivity contribution in [3.05, 3.63) is 80.7 Å². The zero-order chi connectivity index (χ0) is 35.4. The zero-order valence-electron chi connectivity index (χ0n) is 30.5. The van der Waals surface area contributed by atoms with Gasteiger partial charge in [0.05, 0.1) is 35.3 Å². The summed E-state index contributed by atoms with van der Waals surface area (Å²) in [6.45, 7) is 0. The summed E-state index contributed by atoms with van der Waals surface area (Å²) in [6, 6.07) is 4.79. The molecule has 0 amide bonds. The summed E-state index contributed by atoms with van der Waals surface area (Å²) in [7, 11) is 0. The second-order valence-electron chi connectivity index (χ2n) is 8.23. The minimum absolute atomic E-state index is 0. The molecule has 0 bridgehead atoms. The van der Waals surface area contributed by atoms with E-state index >= 15 is 0 Å². The Bertz CT molecular complexity index is 1790. The number of hydrogen-bond donors (Lipinski definition) is 4. The third-order valence-corrected chi connectivity index (χ3v) is 7.75. The second kappa shape index (κ2) is 42.1. The molecule has 6 aromatic heterocycles. The molecule has 0 spiro atoms. The number of carbonyl (C=O) groups is 4. The van der Waals surface area contributed by atoms with E-state index in [1.165, 1.54) is 57.5 Å². The van der Waals surface area contributed by atoms with Gasteiger partial charge in [0.2, 0.25) is 0 Å². The van der Waals surface area contributed by atoms with Gasteiger partial charge in [-0.05, 0) is 24.3 Å². The van der Waals surface area contributed by atoms with Crippen LogP contribution in [-0.2, 0) is 44.5 Å². The van der Waals surface area contributed by atoms with Crippen molar-refractivity contribution in [2.24, 2.45) is 0 Å². The van der Waals surface area contributed by atoms with Crippen molar-refractivity contribution in [3.63, 3.8) is 0 Å². The van der Waals surface area contributed by atoms with E-state index in [9.17, 15) is 39.6 Å². The Labute approximate surface area is 383 Å². The number of carbonyl (C=O) groups excluding carboxylic acids is 4. The average Bonchev–Trinajstić information content (AvgIpc) is 3.87. The van der Waals surface area contributed by atoms with Crippen molar-refractivity contribution in [2.75, 3.05) is 22.9 Å². The predicted molar refractivity (Wildman–Crippen MR) is 216 cm³/mol. The van der Waals surface area contributed by atoms with E-state index in [2.05, 4.69) is 29.9 Å². The van der Waals surface area contributed by atoms with Crippen molar-refractivity contribution in [2.45, 2.75) is 0 Å². The van der Waals surface area contributed by atoms with Crippen LogP contribution in [0.25, 0.3) is 22.8 Å². The van der Waals surface area contributed by atoms with Gasteiger partial charge in [-0.1, -0.05) is 0 Å². The van der Waals surface area contributed by atoms with Crippen LogP contribution in [0.2, 0.25) is 0 Å². The molecule has 0 saturated heterocycles. The molecule has 0 aromatic carbocycles. The van der Waals surface area contributed by atoms with E-state index in [0.717, 1.165) is 47.3 Å².